The van der Waals surface area contributed by atoms with Crippen LogP contribution < -0.4 is 10.6 Å². The first kappa shape index (κ1) is 15.9. The van der Waals surface area contributed by atoms with Gasteiger partial charge in [0.05, 0.1) is 10.5 Å². The van der Waals surface area contributed by atoms with E-state index in [-0.39, 0.29) is 11.8 Å². The highest BCUT2D eigenvalue weighted by atomic mass is 32.1. The third-order valence-corrected chi connectivity index (χ3v) is 5.86. The number of carbonyl (C=O) groups is 2. The van der Waals surface area contributed by atoms with E-state index >= 15 is 0 Å². The second kappa shape index (κ2) is 6.70. The number of anilines is 1. The summed E-state index contributed by atoms with van der Waals surface area (Å²) in [6.45, 7) is 0.597. The molecule has 2 amide bonds. The maximum Gasteiger partial charge on any atom is 0.261 e. The molecular weight excluding hydrogens is 354 g/mol. The van der Waals surface area contributed by atoms with Gasteiger partial charge in [-0.1, -0.05) is 6.07 Å². The minimum Gasteiger partial charge on any atom is -0.362 e. The molecule has 126 valence electrons. The molecule has 5 nitrogen and oxygen atoms in total. The fraction of sp³-hybridized carbons (Fsp3) is 0.111. The van der Waals surface area contributed by atoms with Gasteiger partial charge in [0.2, 0.25) is 0 Å². The first-order valence-corrected chi connectivity index (χ1v) is 9.51. The van der Waals surface area contributed by atoms with E-state index in [2.05, 4.69) is 21.7 Å². The topological polar surface area (TPSA) is 74.0 Å². The van der Waals surface area contributed by atoms with Crippen LogP contribution in [0.1, 0.15) is 25.8 Å². The van der Waals surface area contributed by atoms with E-state index in [9.17, 15) is 9.59 Å². The monoisotopic (exact) mass is 369 g/mol. The number of thiophene rings is 2. The van der Waals surface area contributed by atoms with E-state index in [0.29, 0.717) is 17.0 Å². The zero-order valence-corrected chi connectivity index (χ0v) is 14.8. The average Bonchev–Trinajstić information content (AvgIpc) is 3.36. The summed E-state index contributed by atoms with van der Waals surface area (Å²) in [5.41, 5.74) is 2.21. The Morgan fingerprint density at radius 2 is 2.20 bits per heavy atom. The van der Waals surface area contributed by atoms with E-state index in [1.54, 1.807) is 29.7 Å². The summed E-state index contributed by atoms with van der Waals surface area (Å²) in [6, 6.07) is 9.62. The highest BCUT2D eigenvalue weighted by Gasteiger charge is 2.28. The molecule has 4 rings (SSSR count). The fourth-order valence-electron chi connectivity index (χ4n) is 2.66. The lowest BCUT2D eigenvalue weighted by molar-refractivity contribution is -0.110. The minimum absolute atomic E-state index is 0.107. The van der Waals surface area contributed by atoms with Gasteiger partial charge in [0, 0.05) is 28.9 Å². The van der Waals surface area contributed by atoms with Gasteiger partial charge in [-0.25, -0.2) is 0 Å². The van der Waals surface area contributed by atoms with Crippen molar-refractivity contribution >= 4 is 51.1 Å². The molecule has 0 bridgehead atoms. The van der Waals surface area contributed by atoms with Crippen LogP contribution in [0.3, 0.4) is 0 Å². The van der Waals surface area contributed by atoms with Crippen LogP contribution in [0.4, 0.5) is 5.00 Å². The number of amides is 2. The molecule has 0 aliphatic carbocycles. The van der Waals surface area contributed by atoms with Crippen molar-refractivity contribution in [1.82, 2.24) is 10.3 Å². The Morgan fingerprint density at radius 3 is 2.96 bits per heavy atom. The molecule has 3 aromatic heterocycles. The lowest BCUT2D eigenvalue weighted by Crippen LogP contribution is -2.24. The molecule has 1 aliphatic heterocycles. The predicted octanol–water partition coefficient (Wildman–Crippen LogP) is 3.60. The quantitative estimate of drug-likeness (QED) is 0.601. The number of carbonyl (C=O) groups excluding carboxylic acids is 2. The number of aromatic nitrogens is 1. The van der Waals surface area contributed by atoms with Gasteiger partial charge < -0.3 is 15.6 Å². The number of hydrogen-bond donors (Lipinski definition) is 3. The Hall–Kier alpha value is -2.64. The standard InChI is InChI=1S/C18H15N3O2S2/c22-16-13(9-11-3-1-6-19-11)14-10-15(25-18(14)21-16)17(23)20-7-5-12-4-2-8-24-12/h1-4,6,8-10,19H,5,7H2,(H,20,23)(H,21,22)/b13-9-. The average molecular weight is 369 g/mol. The van der Waals surface area contributed by atoms with Crippen LogP contribution in [0, 0.1) is 0 Å². The molecule has 1 aliphatic rings. The van der Waals surface area contributed by atoms with Crippen LogP contribution >= 0.6 is 22.7 Å². The summed E-state index contributed by atoms with van der Waals surface area (Å²) >= 11 is 2.99. The summed E-state index contributed by atoms with van der Waals surface area (Å²) < 4.78 is 0. The van der Waals surface area contributed by atoms with Crippen molar-refractivity contribution < 1.29 is 9.59 Å². The smallest absolute Gasteiger partial charge is 0.261 e. The highest BCUT2D eigenvalue weighted by Crippen LogP contribution is 2.39. The van der Waals surface area contributed by atoms with Crippen LogP contribution in [0.25, 0.3) is 11.6 Å². The molecule has 0 atom stereocenters. The van der Waals surface area contributed by atoms with E-state index < -0.39 is 0 Å². The minimum atomic E-state index is -0.138. The fourth-order valence-corrected chi connectivity index (χ4v) is 4.36. The SMILES string of the molecule is O=C1Nc2sc(C(=O)NCCc3cccs3)cc2/C1=C/c1ccc[nH]1. The molecule has 0 spiro atoms. The van der Waals surface area contributed by atoms with Gasteiger partial charge in [-0.2, -0.15) is 0 Å². The van der Waals surface area contributed by atoms with Crippen molar-refractivity contribution in [2.75, 3.05) is 11.9 Å². The van der Waals surface area contributed by atoms with Crippen LogP contribution in [0.2, 0.25) is 0 Å². The molecule has 3 N–H and O–H groups in total. The van der Waals surface area contributed by atoms with E-state index in [4.69, 9.17) is 0 Å². The van der Waals surface area contributed by atoms with Crippen molar-refractivity contribution in [2.45, 2.75) is 6.42 Å². The number of H-pyrrole nitrogens is 1. The number of fused-ring (bicyclic) bond motifs is 1. The molecule has 0 fully saturated rings. The van der Waals surface area contributed by atoms with Crippen molar-refractivity contribution in [2.24, 2.45) is 0 Å². The molecule has 0 unspecified atom stereocenters. The van der Waals surface area contributed by atoms with E-state index in [1.165, 1.54) is 16.2 Å². The molecule has 25 heavy (non-hydrogen) atoms. The number of aromatic amines is 1. The molecule has 3 aromatic rings. The second-order valence-electron chi connectivity index (χ2n) is 5.58. The largest absolute Gasteiger partial charge is 0.362 e. The van der Waals surface area contributed by atoms with Crippen molar-refractivity contribution in [3.63, 3.8) is 0 Å². The number of hydrogen-bond acceptors (Lipinski definition) is 4. The Bertz CT molecular complexity index is 937. The summed E-state index contributed by atoms with van der Waals surface area (Å²) in [4.78, 5) is 29.4. The maximum absolute atomic E-state index is 12.3. The third kappa shape index (κ3) is 3.29. The van der Waals surface area contributed by atoms with Gasteiger partial charge in [-0.05, 0) is 42.1 Å². The van der Waals surface area contributed by atoms with Gasteiger partial charge >= 0.3 is 0 Å². The van der Waals surface area contributed by atoms with Gasteiger partial charge in [-0.15, -0.1) is 22.7 Å². The summed E-state index contributed by atoms with van der Waals surface area (Å²) in [5, 5.41) is 8.53. The summed E-state index contributed by atoms with van der Waals surface area (Å²) in [5.74, 6) is -0.245. The third-order valence-electron chi connectivity index (χ3n) is 3.88. The van der Waals surface area contributed by atoms with E-state index in [1.807, 2.05) is 23.6 Å². The molecule has 0 radical (unpaired) electrons. The van der Waals surface area contributed by atoms with Gasteiger partial charge in [-0.3, -0.25) is 9.59 Å². The van der Waals surface area contributed by atoms with Gasteiger partial charge in [0.15, 0.2) is 0 Å². The number of rotatable bonds is 5. The summed E-state index contributed by atoms with van der Waals surface area (Å²) in [7, 11) is 0. The molecule has 0 saturated heterocycles. The van der Waals surface area contributed by atoms with E-state index in [0.717, 1.165) is 22.7 Å². The molecule has 4 heterocycles. The second-order valence-corrected chi connectivity index (χ2v) is 7.66. The first-order chi connectivity index (χ1) is 12.2. The maximum atomic E-state index is 12.3. The van der Waals surface area contributed by atoms with Crippen LogP contribution in [-0.4, -0.2) is 23.3 Å². The highest BCUT2D eigenvalue weighted by molar-refractivity contribution is 7.18. The molecular formula is C18H15N3O2S2. The van der Waals surface area contributed by atoms with Crippen molar-refractivity contribution in [3.05, 3.63) is 62.9 Å². The Kier molecular flexibility index (Phi) is 4.25. The molecule has 0 saturated carbocycles. The lowest BCUT2D eigenvalue weighted by atomic mass is 10.1. The predicted molar refractivity (Wildman–Crippen MR) is 102 cm³/mol. The lowest BCUT2D eigenvalue weighted by Gasteiger charge is -2.02. The summed E-state index contributed by atoms with van der Waals surface area (Å²) in [6.07, 6.45) is 4.43. The molecule has 7 heteroatoms. The molecule has 0 aromatic carbocycles. The normalized spacial score (nSPS) is 14.6. The van der Waals surface area contributed by atoms with Gasteiger partial charge in [0.1, 0.15) is 5.00 Å². The van der Waals surface area contributed by atoms with Gasteiger partial charge in [0.25, 0.3) is 11.8 Å². The Labute approximate surface area is 152 Å². The Morgan fingerprint density at radius 1 is 1.28 bits per heavy atom. The van der Waals surface area contributed by atoms with Crippen molar-refractivity contribution in [1.29, 1.82) is 0 Å². The van der Waals surface area contributed by atoms with Crippen LogP contribution in [0.5, 0.6) is 0 Å². The van der Waals surface area contributed by atoms with Crippen LogP contribution in [-0.2, 0) is 11.2 Å². The zero-order valence-electron chi connectivity index (χ0n) is 13.2. The Balaban J connectivity index is 1.48. The van der Waals surface area contributed by atoms with Crippen molar-refractivity contribution in [3.8, 4) is 0 Å². The number of nitrogens with one attached hydrogen (secondary N) is 3. The first-order valence-electron chi connectivity index (χ1n) is 7.82. The zero-order chi connectivity index (χ0) is 17.2. The van der Waals surface area contributed by atoms with Crippen LogP contribution in [0.15, 0.2) is 41.9 Å².